The molecule has 1 N–H and O–H groups in total. The van der Waals surface area contributed by atoms with Gasteiger partial charge in [-0.2, -0.15) is 5.10 Å². The number of nitrogens with zero attached hydrogens (tertiary/aromatic N) is 3. The van der Waals surface area contributed by atoms with Gasteiger partial charge >= 0.3 is 0 Å². The van der Waals surface area contributed by atoms with E-state index < -0.39 is 0 Å². The minimum absolute atomic E-state index is 0.893. The summed E-state index contributed by atoms with van der Waals surface area (Å²) in [5, 5.41) is 7.41. The average Bonchev–Trinajstić information content (AvgIpc) is 2.89. The maximum atomic E-state index is 4.26. The fraction of sp³-hybridized carbons (Fsp3) is 0.417. The Balaban J connectivity index is 2.02. The van der Waals surface area contributed by atoms with E-state index in [9.17, 15) is 0 Å². The first-order chi connectivity index (χ1) is 7.81. The average molecular weight is 218 g/mol. The molecule has 0 aliphatic carbocycles. The smallest absolute Gasteiger partial charge is 0.0539 e. The molecule has 0 radical (unpaired) electrons. The van der Waals surface area contributed by atoms with Gasteiger partial charge < -0.3 is 9.88 Å². The zero-order valence-electron chi connectivity index (χ0n) is 9.85. The SMILES string of the molecule is CCn1cc(Cn2ccc(CNC)c2)cn1. The van der Waals surface area contributed by atoms with Crippen molar-refractivity contribution in [2.75, 3.05) is 7.05 Å². The predicted octanol–water partition coefficient (Wildman–Crippen LogP) is 1.47. The summed E-state index contributed by atoms with van der Waals surface area (Å²) in [6.45, 7) is 4.83. The molecule has 0 spiro atoms. The fourth-order valence-electron chi connectivity index (χ4n) is 1.77. The summed E-state index contributed by atoms with van der Waals surface area (Å²) in [5.41, 5.74) is 2.55. The Morgan fingerprint density at radius 3 is 2.88 bits per heavy atom. The van der Waals surface area contributed by atoms with Crippen LogP contribution in [0.2, 0.25) is 0 Å². The Morgan fingerprint density at radius 2 is 2.19 bits per heavy atom. The second-order valence-electron chi connectivity index (χ2n) is 3.93. The number of rotatable bonds is 5. The minimum Gasteiger partial charge on any atom is -0.349 e. The van der Waals surface area contributed by atoms with Gasteiger partial charge in [0.05, 0.1) is 12.7 Å². The highest BCUT2D eigenvalue weighted by atomic mass is 15.3. The van der Waals surface area contributed by atoms with Crippen molar-refractivity contribution in [3.05, 3.63) is 42.0 Å². The van der Waals surface area contributed by atoms with E-state index in [1.165, 1.54) is 11.1 Å². The Kier molecular flexibility index (Phi) is 3.41. The fourth-order valence-corrected chi connectivity index (χ4v) is 1.77. The van der Waals surface area contributed by atoms with Crippen molar-refractivity contribution < 1.29 is 0 Å². The van der Waals surface area contributed by atoms with Crippen LogP contribution >= 0.6 is 0 Å². The lowest BCUT2D eigenvalue weighted by atomic mass is 10.3. The third-order valence-corrected chi connectivity index (χ3v) is 2.57. The van der Waals surface area contributed by atoms with E-state index in [1.807, 2.05) is 17.9 Å². The van der Waals surface area contributed by atoms with Crippen molar-refractivity contribution in [1.82, 2.24) is 19.7 Å². The van der Waals surface area contributed by atoms with Crippen LogP contribution in [0.3, 0.4) is 0 Å². The molecule has 0 aliphatic rings. The van der Waals surface area contributed by atoms with Crippen molar-refractivity contribution in [3.8, 4) is 0 Å². The molecule has 2 aromatic rings. The Bertz CT molecular complexity index is 441. The molecule has 2 aromatic heterocycles. The third kappa shape index (κ3) is 2.52. The van der Waals surface area contributed by atoms with E-state index in [0.29, 0.717) is 0 Å². The molecular formula is C12H18N4. The quantitative estimate of drug-likeness (QED) is 0.824. The van der Waals surface area contributed by atoms with Crippen LogP contribution in [0.25, 0.3) is 0 Å². The first kappa shape index (κ1) is 11.0. The van der Waals surface area contributed by atoms with Gasteiger partial charge in [-0.1, -0.05) is 0 Å². The Morgan fingerprint density at radius 1 is 1.31 bits per heavy atom. The van der Waals surface area contributed by atoms with Gasteiger partial charge in [-0.15, -0.1) is 0 Å². The molecule has 0 saturated heterocycles. The molecule has 2 rings (SSSR count). The molecule has 0 atom stereocenters. The molecule has 0 fully saturated rings. The Hall–Kier alpha value is -1.55. The van der Waals surface area contributed by atoms with Gasteiger partial charge in [0.1, 0.15) is 0 Å². The summed E-state index contributed by atoms with van der Waals surface area (Å²) in [5.74, 6) is 0. The molecule has 86 valence electrons. The van der Waals surface area contributed by atoms with E-state index in [1.54, 1.807) is 0 Å². The second-order valence-corrected chi connectivity index (χ2v) is 3.93. The van der Waals surface area contributed by atoms with Crippen LogP contribution in [-0.2, 0) is 19.6 Å². The molecule has 4 nitrogen and oxygen atoms in total. The number of aryl methyl sites for hydroxylation is 1. The highest BCUT2D eigenvalue weighted by molar-refractivity contribution is 5.13. The molecule has 0 aliphatic heterocycles. The monoisotopic (exact) mass is 218 g/mol. The highest BCUT2D eigenvalue weighted by Gasteiger charge is 2.00. The number of aromatic nitrogens is 3. The molecule has 0 bridgehead atoms. The first-order valence-electron chi connectivity index (χ1n) is 5.62. The van der Waals surface area contributed by atoms with Gasteiger partial charge in [0, 0.05) is 37.2 Å². The standard InChI is InChI=1S/C12H18N4/c1-3-16-10-12(7-14-16)9-15-5-4-11(8-15)6-13-2/h4-5,7-8,10,13H,3,6,9H2,1-2H3. The summed E-state index contributed by atoms with van der Waals surface area (Å²) >= 11 is 0. The van der Waals surface area contributed by atoms with Crippen LogP contribution in [0, 0.1) is 0 Å². The van der Waals surface area contributed by atoms with Crippen LogP contribution in [0.5, 0.6) is 0 Å². The van der Waals surface area contributed by atoms with Gasteiger partial charge in [-0.3, -0.25) is 4.68 Å². The van der Waals surface area contributed by atoms with Crippen LogP contribution in [0.4, 0.5) is 0 Å². The molecular weight excluding hydrogens is 200 g/mol. The molecule has 2 heterocycles. The summed E-state index contributed by atoms with van der Waals surface area (Å²) in [4.78, 5) is 0. The van der Waals surface area contributed by atoms with Gasteiger partial charge in [0.15, 0.2) is 0 Å². The largest absolute Gasteiger partial charge is 0.349 e. The number of nitrogens with one attached hydrogen (secondary N) is 1. The molecule has 0 unspecified atom stereocenters. The predicted molar refractivity (Wildman–Crippen MR) is 64.2 cm³/mol. The summed E-state index contributed by atoms with van der Waals surface area (Å²) < 4.78 is 4.14. The van der Waals surface area contributed by atoms with E-state index in [-0.39, 0.29) is 0 Å². The van der Waals surface area contributed by atoms with Crippen LogP contribution in [0.15, 0.2) is 30.9 Å². The lowest BCUT2D eigenvalue weighted by Gasteiger charge is -1.99. The van der Waals surface area contributed by atoms with Crippen molar-refractivity contribution in [2.24, 2.45) is 0 Å². The summed E-state index contributed by atoms with van der Waals surface area (Å²) in [6, 6.07) is 2.14. The van der Waals surface area contributed by atoms with E-state index in [2.05, 4.69) is 46.6 Å². The molecule has 0 amide bonds. The lowest BCUT2D eigenvalue weighted by molar-refractivity contribution is 0.658. The number of hydrogen-bond acceptors (Lipinski definition) is 2. The normalized spacial score (nSPS) is 10.9. The molecule has 4 heteroatoms. The Labute approximate surface area is 95.9 Å². The van der Waals surface area contributed by atoms with Crippen LogP contribution in [0.1, 0.15) is 18.1 Å². The van der Waals surface area contributed by atoms with Gasteiger partial charge in [0.25, 0.3) is 0 Å². The topological polar surface area (TPSA) is 34.8 Å². The van der Waals surface area contributed by atoms with Crippen molar-refractivity contribution >= 4 is 0 Å². The zero-order valence-corrected chi connectivity index (χ0v) is 9.85. The van der Waals surface area contributed by atoms with Gasteiger partial charge in [-0.05, 0) is 25.6 Å². The van der Waals surface area contributed by atoms with Crippen LogP contribution in [-0.4, -0.2) is 21.4 Å². The highest BCUT2D eigenvalue weighted by Crippen LogP contribution is 2.05. The molecule has 0 saturated carbocycles. The first-order valence-corrected chi connectivity index (χ1v) is 5.62. The van der Waals surface area contributed by atoms with E-state index >= 15 is 0 Å². The number of hydrogen-bond donors (Lipinski definition) is 1. The maximum Gasteiger partial charge on any atom is 0.0539 e. The lowest BCUT2D eigenvalue weighted by Crippen LogP contribution is -2.04. The van der Waals surface area contributed by atoms with Gasteiger partial charge in [-0.25, -0.2) is 0 Å². The maximum absolute atomic E-state index is 4.26. The molecule has 0 aromatic carbocycles. The van der Waals surface area contributed by atoms with Gasteiger partial charge in [0.2, 0.25) is 0 Å². The van der Waals surface area contributed by atoms with Crippen molar-refractivity contribution in [3.63, 3.8) is 0 Å². The van der Waals surface area contributed by atoms with Crippen molar-refractivity contribution in [1.29, 1.82) is 0 Å². The second kappa shape index (κ2) is 4.99. The minimum atomic E-state index is 0.893. The zero-order chi connectivity index (χ0) is 11.4. The van der Waals surface area contributed by atoms with Crippen molar-refractivity contribution in [2.45, 2.75) is 26.6 Å². The van der Waals surface area contributed by atoms with Crippen LogP contribution < -0.4 is 5.32 Å². The summed E-state index contributed by atoms with van der Waals surface area (Å²) in [6.07, 6.45) is 8.30. The van der Waals surface area contributed by atoms with E-state index in [4.69, 9.17) is 0 Å². The van der Waals surface area contributed by atoms with E-state index in [0.717, 1.165) is 19.6 Å². The third-order valence-electron chi connectivity index (χ3n) is 2.57. The summed E-state index contributed by atoms with van der Waals surface area (Å²) in [7, 11) is 1.96. The molecule has 16 heavy (non-hydrogen) atoms.